The first-order chi connectivity index (χ1) is 7.39. The SMILES string of the molecule is CC(C)(O)c1c(N)cnc2ccc(Cl)cc12. The second kappa shape index (κ2) is 3.61. The van der Waals surface area contributed by atoms with Crippen molar-refractivity contribution >= 4 is 28.2 Å². The molecule has 0 saturated carbocycles. The zero-order valence-electron chi connectivity index (χ0n) is 9.16. The summed E-state index contributed by atoms with van der Waals surface area (Å²) in [5, 5.41) is 11.5. The summed E-state index contributed by atoms with van der Waals surface area (Å²) in [7, 11) is 0. The summed E-state index contributed by atoms with van der Waals surface area (Å²) in [5.74, 6) is 0. The van der Waals surface area contributed by atoms with E-state index in [9.17, 15) is 5.11 Å². The predicted octanol–water partition coefficient (Wildman–Crippen LogP) is 2.70. The minimum atomic E-state index is -1.02. The first-order valence-corrected chi connectivity index (χ1v) is 5.34. The Morgan fingerprint density at radius 1 is 1.38 bits per heavy atom. The molecule has 84 valence electrons. The number of nitrogens with two attached hydrogens (primary N) is 1. The first-order valence-electron chi connectivity index (χ1n) is 4.96. The largest absolute Gasteiger partial charge is 0.397 e. The van der Waals surface area contributed by atoms with Crippen LogP contribution in [-0.2, 0) is 5.60 Å². The van der Waals surface area contributed by atoms with E-state index in [0.29, 0.717) is 16.3 Å². The van der Waals surface area contributed by atoms with Crippen LogP contribution in [0.25, 0.3) is 10.9 Å². The Hall–Kier alpha value is -1.32. The van der Waals surface area contributed by atoms with Gasteiger partial charge in [0.1, 0.15) is 0 Å². The van der Waals surface area contributed by atoms with Crippen molar-refractivity contribution in [2.45, 2.75) is 19.4 Å². The van der Waals surface area contributed by atoms with Gasteiger partial charge in [-0.2, -0.15) is 0 Å². The van der Waals surface area contributed by atoms with Gasteiger partial charge >= 0.3 is 0 Å². The Bertz CT molecular complexity index is 541. The predicted molar refractivity (Wildman–Crippen MR) is 66.4 cm³/mol. The highest BCUT2D eigenvalue weighted by atomic mass is 35.5. The van der Waals surface area contributed by atoms with Crippen molar-refractivity contribution in [2.75, 3.05) is 5.73 Å². The summed E-state index contributed by atoms with van der Waals surface area (Å²) in [6, 6.07) is 5.35. The smallest absolute Gasteiger partial charge is 0.0867 e. The fourth-order valence-electron chi connectivity index (χ4n) is 1.86. The van der Waals surface area contributed by atoms with E-state index in [2.05, 4.69) is 4.98 Å². The molecule has 3 N–H and O–H groups in total. The molecule has 0 radical (unpaired) electrons. The number of aliphatic hydroxyl groups is 1. The van der Waals surface area contributed by atoms with Gasteiger partial charge in [-0.25, -0.2) is 0 Å². The molecule has 2 rings (SSSR count). The molecule has 0 atom stereocenters. The highest BCUT2D eigenvalue weighted by Crippen LogP contribution is 2.33. The molecule has 1 aromatic carbocycles. The molecule has 1 aromatic heterocycles. The summed E-state index contributed by atoms with van der Waals surface area (Å²) >= 11 is 5.94. The van der Waals surface area contributed by atoms with Gasteiger partial charge in [0.25, 0.3) is 0 Å². The van der Waals surface area contributed by atoms with Crippen molar-refractivity contribution in [2.24, 2.45) is 0 Å². The molecular formula is C12H13ClN2O. The first kappa shape index (κ1) is 11.2. The molecule has 0 amide bonds. The number of benzene rings is 1. The zero-order valence-corrected chi connectivity index (χ0v) is 9.92. The van der Waals surface area contributed by atoms with Crippen molar-refractivity contribution in [1.82, 2.24) is 4.98 Å². The fourth-order valence-corrected chi connectivity index (χ4v) is 2.04. The topological polar surface area (TPSA) is 59.1 Å². The van der Waals surface area contributed by atoms with Gasteiger partial charge in [0.2, 0.25) is 0 Å². The monoisotopic (exact) mass is 236 g/mol. The Balaban J connectivity index is 2.88. The molecule has 0 unspecified atom stereocenters. The van der Waals surface area contributed by atoms with E-state index in [0.717, 1.165) is 10.9 Å². The van der Waals surface area contributed by atoms with E-state index >= 15 is 0 Å². The average Bonchev–Trinajstić information content (AvgIpc) is 2.14. The highest BCUT2D eigenvalue weighted by Gasteiger charge is 2.22. The van der Waals surface area contributed by atoms with Crippen molar-refractivity contribution in [3.8, 4) is 0 Å². The molecule has 4 heteroatoms. The number of nitrogens with zero attached hydrogens (tertiary/aromatic N) is 1. The van der Waals surface area contributed by atoms with Crippen LogP contribution in [0.15, 0.2) is 24.4 Å². The van der Waals surface area contributed by atoms with E-state index in [4.69, 9.17) is 17.3 Å². The lowest BCUT2D eigenvalue weighted by molar-refractivity contribution is 0.0809. The molecule has 0 aliphatic rings. The third-order valence-electron chi connectivity index (χ3n) is 2.47. The summed E-state index contributed by atoms with van der Waals surface area (Å²) in [6.07, 6.45) is 1.56. The molecule has 3 nitrogen and oxygen atoms in total. The van der Waals surface area contributed by atoms with E-state index < -0.39 is 5.60 Å². The van der Waals surface area contributed by atoms with Crippen LogP contribution in [0.2, 0.25) is 5.02 Å². The number of nitrogen functional groups attached to an aromatic ring is 1. The third kappa shape index (κ3) is 1.84. The summed E-state index contributed by atoms with van der Waals surface area (Å²) in [5.41, 5.74) is 6.75. The van der Waals surface area contributed by atoms with Crippen LogP contribution in [0, 0.1) is 0 Å². The Morgan fingerprint density at radius 2 is 2.06 bits per heavy atom. The van der Waals surface area contributed by atoms with Crippen LogP contribution >= 0.6 is 11.6 Å². The van der Waals surface area contributed by atoms with Gasteiger partial charge in [-0.3, -0.25) is 4.98 Å². The average molecular weight is 237 g/mol. The van der Waals surface area contributed by atoms with Gasteiger partial charge in [-0.05, 0) is 32.0 Å². The van der Waals surface area contributed by atoms with Gasteiger partial charge in [0.15, 0.2) is 0 Å². The maximum Gasteiger partial charge on any atom is 0.0867 e. The third-order valence-corrected chi connectivity index (χ3v) is 2.71. The highest BCUT2D eigenvalue weighted by molar-refractivity contribution is 6.31. The van der Waals surface area contributed by atoms with Crippen LogP contribution in [0.1, 0.15) is 19.4 Å². The van der Waals surface area contributed by atoms with E-state index in [1.165, 1.54) is 0 Å². The Morgan fingerprint density at radius 3 is 2.69 bits per heavy atom. The molecule has 0 saturated heterocycles. The van der Waals surface area contributed by atoms with Crippen LogP contribution in [0.4, 0.5) is 5.69 Å². The molecule has 0 aliphatic carbocycles. The second-order valence-electron chi connectivity index (χ2n) is 4.31. The number of hydrogen-bond acceptors (Lipinski definition) is 3. The number of pyridine rings is 1. The van der Waals surface area contributed by atoms with Crippen LogP contribution in [0.3, 0.4) is 0 Å². The van der Waals surface area contributed by atoms with E-state index in [-0.39, 0.29) is 0 Å². The molecule has 0 bridgehead atoms. The van der Waals surface area contributed by atoms with Gasteiger partial charge < -0.3 is 10.8 Å². The molecule has 0 aliphatic heterocycles. The molecule has 0 spiro atoms. The van der Waals surface area contributed by atoms with Crippen molar-refractivity contribution in [3.63, 3.8) is 0 Å². The maximum absolute atomic E-state index is 10.1. The van der Waals surface area contributed by atoms with Crippen LogP contribution in [0.5, 0.6) is 0 Å². The Kier molecular flexibility index (Phi) is 2.52. The van der Waals surface area contributed by atoms with E-state index in [1.54, 1.807) is 32.2 Å². The standard InChI is InChI=1S/C12H13ClN2O/c1-12(2,16)11-8-5-7(13)3-4-10(8)15-6-9(11)14/h3-6,16H,14H2,1-2H3. The number of fused-ring (bicyclic) bond motifs is 1. The second-order valence-corrected chi connectivity index (χ2v) is 4.75. The summed E-state index contributed by atoms with van der Waals surface area (Å²) < 4.78 is 0. The van der Waals surface area contributed by atoms with Crippen molar-refractivity contribution in [1.29, 1.82) is 0 Å². The van der Waals surface area contributed by atoms with Crippen LogP contribution in [-0.4, -0.2) is 10.1 Å². The van der Waals surface area contributed by atoms with Gasteiger partial charge in [0.05, 0.1) is 23.0 Å². The molecule has 2 aromatic rings. The molecule has 1 heterocycles. The van der Waals surface area contributed by atoms with Gasteiger partial charge in [-0.15, -0.1) is 0 Å². The minimum Gasteiger partial charge on any atom is -0.397 e. The number of hydrogen-bond donors (Lipinski definition) is 2. The lowest BCUT2D eigenvalue weighted by Crippen LogP contribution is -2.18. The number of halogens is 1. The molecule has 0 fully saturated rings. The van der Waals surface area contributed by atoms with E-state index in [1.807, 2.05) is 6.07 Å². The fraction of sp³-hybridized carbons (Fsp3) is 0.250. The number of rotatable bonds is 1. The summed E-state index contributed by atoms with van der Waals surface area (Å²) in [6.45, 7) is 3.39. The molecule has 16 heavy (non-hydrogen) atoms. The lowest BCUT2D eigenvalue weighted by atomic mass is 9.93. The number of anilines is 1. The zero-order chi connectivity index (χ0) is 11.9. The van der Waals surface area contributed by atoms with Crippen LogP contribution < -0.4 is 5.73 Å². The normalized spacial score (nSPS) is 12.0. The maximum atomic E-state index is 10.1. The van der Waals surface area contributed by atoms with Crippen molar-refractivity contribution < 1.29 is 5.11 Å². The lowest BCUT2D eigenvalue weighted by Gasteiger charge is -2.21. The summed E-state index contributed by atoms with van der Waals surface area (Å²) in [4.78, 5) is 4.20. The quantitative estimate of drug-likeness (QED) is 0.800. The van der Waals surface area contributed by atoms with Gasteiger partial charge in [0, 0.05) is 16.0 Å². The number of aromatic nitrogens is 1. The Labute approximate surface area is 98.9 Å². The van der Waals surface area contributed by atoms with Crippen molar-refractivity contribution in [3.05, 3.63) is 35.0 Å². The molecular weight excluding hydrogens is 224 g/mol. The van der Waals surface area contributed by atoms with Gasteiger partial charge in [-0.1, -0.05) is 11.6 Å². The minimum absolute atomic E-state index is 0.474.